The summed E-state index contributed by atoms with van der Waals surface area (Å²) in [6.07, 6.45) is 0. The molecule has 0 atom stereocenters. The molecule has 2 aromatic rings. The van der Waals surface area contributed by atoms with Gasteiger partial charge in [0.25, 0.3) is 10.0 Å². The zero-order valence-electron chi connectivity index (χ0n) is 15.8. The third kappa shape index (κ3) is 4.04. The lowest BCUT2D eigenvalue weighted by molar-refractivity contribution is 0.122. The molecular formula is C20H24N4O3S. The molecule has 2 aromatic carbocycles. The average Bonchev–Trinajstić information content (AvgIpc) is 2.68. The van der Waals surface area contributed by atoms with Gasteiger partial charge in [0.1, 0.15) is 10.7 Å². The van der Waals surface area contributed by atoms with Crippen molar-refractivity contribution in [2.24, 2.45) is 4.40 Å². The summed E-state index contributed by atoms with van der Waals surface area (Å²) in [4.78, 5) is 4.62. The Morgan fingerprint density at radius 3 is 2.61 bits per heavy atom. The molecule has 8 heteroatoms. The van der Waals surface area contributed by atoms with Crippen LogP contribution in [0.5, 0.6) is 0 Å². The van der Waals surface area contributed by atoms with E-state index >= 15 is 0 Å². The Bertz CT molecular complexity index is 984. The van der Waals surface area contributed by atoms with Gasteiger partial charge < -0.3 is 15.0 Å². The van der Waals surface area contributed by atoms with Crippen molar-refractivity contribution in [1.29, 1.82) is 0 Å². The van der Waals surface area contributed by atoms with Crippen LogP contribution < -0.4 is 10.2 Å². The Morgan fingerprint density at radius 1 is 1.07 bits per heavy atom. The first kappa shape index (κ1) is 18.9. The first-order chi connectivity index (χ1) is 13.5. The Labute approximate surface area is 165 Å². The van der Waals surface area contributed by atoms with Crippen LogP contribution in [0, 0.1) is 0 Å². The van der Waals surface area contributed by atoms with Gasteiger partial charge in [-0.05, 0) is 30.8 Å². The number of anilines is 2. The van der Waals surface area contributed by atoms with Gasteiger partial charge in [0.15, 0.2) is 0 Å². The number of rotatable bonds is 5. The van der Waals surface area contributed by atoms with Gasteiger partial charge in [-0.15, -0.1) is 4.40 Å². The number of likely N-dealkylation sites (N-methyl/N-ethyl adjacent to an activating group) is 1. The zero-order chi connectivity index (χ0) is 19.6. The number of hydrogen-bond acceptors (Lipinski definition) is 6. The van der Waals surface area contributed by atoms with E-state index in [1.807, 2.05) is 25.2 Å². The van der Waals surface area contributed by atoms with Crippen molar-refractivity contribution in [3.05, 3.63) is 54.1 Å². The van der Waals surface area contributed by atoms with E-state index in [1.54, 1.807) is 18.2 Å². The molecule has 1 fully saturated rings. The fraction of sp³-hybridized carbons (Fsp3) is 0.350. The number of fused-ring (bicyclic) bond motifs is 1. The molecule has 0 unspecified atom stereocenters. The molecule has 1 N–H and O–H groups in total. The highest BCUT2D eigenvalue weighted by Gasteiger charge is 2.25. The molecule has 0 aliphatic carbocycles. The number of ether oxygens (including phenoxy) is 1. The fourth-order valence-corrected chi connectivity index (χ4v) is 4.73. The van der Waals surface area contributed by atoms with Crippen LogP contribution >= 0.6 is 0 Å². The van der Waals surface area contributed by atoms with Crippen molar-refractivity contribution in [3.8, 4) is 0 Å². The number of nitrogens with zero attached hydrogens (tertiary/aromatic N) is 3. The van der Waals surface area contributed by atoms with Crippen LogP contribution in [0.1, 0.15) is 5.56 Å². The molecule has 0 amide bonds. The van der Waals surface area contributed by atoms with Crippen LogP contribution in [0.25, 0.3) is 0 Å². The molecule has 0 bridgehead atoms. The largest absolute Gasteiger partial charge is 0.378 e. The maximum Gasteiger partial charge on any atom is 0.286 e. The van der Waals surface area contributed by atoms with Gasteiger partial charge >= 0.3 is 0 Å². The molecule has 0 aromatic heterocycles. The number of para-hydroxylation sites is 2. The Morgan fingerprint density at radius 2 is 1.79 bits per heavy atom. The van der Waals surface area contributed by atoms with Crippen LogP contribution in [0.3, 0.4) is 0 Å². The van der Waals surface area contributed by atoms with Crippen LogP contribution in [0.15, 0.2) is 57.8 Å². The molecule has 148 valence electrons. The van der Waals surface area contributed by atoms with Gasteiger partial charge in [0.2, 0.25) is 0 Å². The third-order valence-electron chi connectivity index (χ3n) is 4.88. The molecular weight excluding hydrogens is 376 g/mol. The molecule has 28 heavy (non-hydrogen) atoms. The first-order valence-electron chi connectivity index (χ1n) is 9.32. The minimum atomic E-state index is -3.66. The van der Waals surface area contributed by atoms with E-state index in [0.717, 1.165) is 26.3 Å². The summed E-state index contributed by atoms with van der Waals surface area (Å²) in [5, 5.41) is 3.15. The second-order valence-electron chi connectivity index (χ2n) is 7.03. The van der Waals surface area contributed by atoms with Crippen molar-refractivity contribution in [1.82, 2.24) is 4.90 Å². The molecule has 0 spiro atoms. The van der Waals surface area contributed by atoms with Gasteiger partial charge in [-0.2, -0.15) is 8.42 Å². The molecule has 7 nitrogen and oxygen atoms in total. The normalized spacial score (nSPS) is 18.4. The predicted molar refractivity (Wildman–Crippen MR) is 110 cm³/mol. The standard InChI is InChI=1S/C20H24N4O3S/c1-23(14-16-6-2-4-8-18(16)24-10-12-27-13-11-24)15-20-21-17-7-3-5-9-19(17)28(25,26)22-20/h2-9H,10-15H2,1H3,(H,21,22). The van der Waals surface area contributed by atoms with Crippen molar-refractivity contribution < 1.29 is 13.2 Å². The minimum absolute atomic E-state index is 0.221. The second-order valence-corrected chi connectivity index (χ2v) is 8.61. The summed E-state index contributed by atoms with van der Waals surface area (Å²) in [5.41, 5.74) is 2.98. The van der Waals surface area contributed by atoms with Gasteiger partial charge in [-0.1, -0.05) is 30.3 Å². The van der Waals surface area contributed by atoms with E-state index in [-0.39, 0.29) is 4.90 Å². The second kappa shape index (κ2) is 7.90. The van der Waals surface area contributed by atoms with Crippen molar-refractivity contribution in [2.45, 2.75) is 11.4 Å². The maximum absolute atomic E-state index is 12.4. The maximum atomic E-state index is 12.4. The minimum Gasteiger partial charge on any atom is -0.378 e. The molecule has 2 aliphatic heterocycles. The highest BCUT2D eigenvalue weighted by molar-refractivity contribution is 7.90. The Kier molecular flexibility index (Phi) is 5.34. The molecule has 4 rings (SSSR count). The van der Waals surface area contributed by atoms with Crippen LogP contribution in [0.2, 0.25) is 0 Å². The van der Waals surface area contributed by atoms with Crippen LogP contribution in [-0.4, -0.2) is 59.0 Å². The number of morpholine rings is 1. The van der Waals surface area contributed by atoms with Crippen molar-refractivity contribution >= 4 is 27.2 Å². The summed E-state index contributed by atoms with van der Waals surface area (Å²) in [6.45, 7) is 4.33. The van der Waals surface area contributed by atoms with Crippen LogP contribution in [-0.2, 0) is 21.3 Å². The van der Waals surface area contributed by atoms with Crippen molar-refractivity contribution in [3.63, 3.8) is 0 Å². The highest BCUT2D eigenvalue weighted by atomic mass is 32.2. The number of sulfonamides is 1. The van der Waals surface area contributed by atoms with Gasteiger partial charge in [0, 0.05) is 25.3 Å². The summed E-state index contributed by atoms with van der Waals surface area (Å²) in [6, 6.07) is 15.2. The molecule has 2 heterocycles. The lowest BCUT2D eigenvalue weighted by atomic mass is 10.1. The van der Waals surface area contributed by atoms with Gasteiger partial charge in [-0.3, -0.25) is 4.90 Å². The van der Waals surface area contributed by atoms with E-state index in [2.05, 4.69) is 31.6 Å². The summed E-state index contributed by atoms with van der Waals surface area (Å²) >= 11 is 0. The topological polar surface area (TPSA) is 74.2 Å². The lowest BCUT2D eigenvalue weighted by Gasteiger charge is -2.31. The molecule has 2 aliphatic rings. The average molecular weight is 401 g/mol. The fourth-order valence-electron chi connectivity index (χ4n) is 3.60. The number of amidine groups is 1. The summed E-state index contributed by atoms with van der Waals surface area (Å²) in [7, 11) is -1.69. The van der Waals surface area contributed by atoms with Crippen molar-refractivity contribution in [2.75, 3.05) is 50.1 Å². The van der Waals surface area contributed by atoms with E-state index in [4.69, 9.17) is 4.74 Å². The zero-order valence-corrected chi connectivity index (χ0v) is 16.7. The molecule has 0 radical (unpaired) electrons. The summed E-state index contributed by atoms with van der Waals surface area (Å²) in [5.74, 6) is 0.435. The predicted octanol–water partition coefficient (Wildman–Crippen LogP) is 2.17. The smallest absolute Gasteiger partial charge is 0.286 e. The van der Waals surface area contributed by atoms with Gasteiger partial charge in [0.05, 0.1) is 25.4 Å². The van der Waals surface area contributed by atoms with E-state index in [0.29, 0.717) is 24.6 Å². The van der Waals surface area contributed by atoms with E-state index in [9.17, 15) is 8.42 Å². The van der Waals surface area contributed by atoms with E-state index < -0.39 is 10.0 Å². The SMILES string of the molecule is CN(CC1=NS(=O)(=O)c2ccccc2N1)Cc1ccccc1N1CCOCC1. The molecule has 1 saturated heterocycles. The summed E-state index contributed by atoms with van der Waals surface area (Å²) < 4.78 is 34.3. The van der Waals surface area contributed by atoms with E-state index in [1.165, 1.54) is 11.3 Å². The van der Waals surface area contributed by atoms with Gasteiger partial charge in [-0.25, -0.2) is 0 Å². The van der Waals surface area contributed by atoms with Crippen LogP contribution in [0.4, 0.5) is 11.4 Å². The Balaban J connectivity index is 1.49. The highest BCUT2D eigenvalue weighted by Crippen LogP contribution is 2.27. The molecule has 0 saturated carbocycles. The quantitative estimate of drug-likeness (QED) is 0.829. The lowest BCUT2D eigenvalue weighted by Crippen LogP contribution is -2.37. The Hall–Kier alpha value is -2.42. The third-order valence-corrected chi connectivity index (χ3v) is 6.25. The monoisotopic (exact) mass is 400 g/mol. The number of nitrogens with one attached hydrogen (secondary N) is 1. The number of benzene rings is 2. The first-order valence-corrected chi connectivity index (χ1v) is 10.8. The number of hydrogen-bond donors (Lipinski definition) is 1.